The SMILES string of the molecule is CCOC(=O)COc1ccc(/C=C2\SC(=S)N(CC(=O)OC)C2=O)cc1OC. The Morgan fingerprint density at radius 2 is 1.96 bits per heavy atom. The molecule has 0 aromatic heterocycles. The first-order valence-corrected chi connectivity index (χ1v) is 9.40. The van der Waals surface area contributed by atoms with Gasteiger partial charge >= 0.3 is 11.9 Å². The number of benzene rings is 1. The molecule has 0 atom stereocenters. The standard InChI is InChI=1S/C18H19NO7S2/c1-4-25-16(21)10-26-12-6-5-11(7-13(12)23-2)8-14-17(22)19(18(27)28-14)9-15(20)24-3/h5-8H,4,9-10H2,1-3H3/b14-8-. The summed E-state index contributed by atoms with van der Waals surface area (Å²) in [5.41, 5.74) is 0.666. The van der Waals surface area contributed by atoms with Crippen molar-refractivity contribution in [2.24, 2.45) is 0 Å². The van der Waals surface area contributed by atoms with Gasteiger partial charge in [-0.2, -0.15) is 0 Å². The summed E-state index contributed by atoms with van der Waals surface area (Å²) in [6, 6.07) is 4.99. The van der Waals surface area contributed by atoms with Crippen molar-refractivity contribution in [1.29, 1.82) is 0 Å². The van der Waals surface area contributed by atoms with Crippen molar-refractivity contribution in [1.82, 2.24) is 4.90 Å². The Kier molecular flexibility index (Phi) is 7.82. The highest BCUT2D eigenvalue weighted by Gasteiger charge is 2.33. The van der Waals surface area contributed by atoms with E-state index >= 15 is 0 Å². The fraction of sp³-hybridized carbons (Fsp3) is 0.333. The number of ether oxygens (including phenoxy) is 4. The number of nitrogens with zero attached hydrogens (tertiary/aromatic N) is 1. The van der Waals surface area contributed by atoms with Crippen molar-refractivity contribution in [3.63, 3.8) is 0 Å². The number of hydrogen-bond donors (Lipinski definition) is 0. The Morgan fingerprint density at radius 3 is 2.61 bits per heavy atom. The molecule has 1 aliphatic heterocycles. The van der Waals surface area contributed by atoms with Gasteiger partial charge in [-0.15, -0.1) is 0 Å². The van der Waals surface area contributed by atoms with Crippen molar-refractivity contribution in [2.45, 2.75) is 6.92 Å². The van der Waals surface area contributed by atoms with E-state index in [0.717, 1.165) is 11.8 Å². The van der Waals surface area contributed by atoms with Crippen LogP contribution in [0.15, 0.2) is 23.1 Å². The van der Waals surface area contributed by atoms with Gasteiger partial charge in [0.15, 0.2) is 18.1 Å². The number of thiocarbonyl (C=S) groups is 1. The van der Waals surface area contributed by atoms with Gasteiger partial charge in [-0.3, -0.25) is 14.5 Å². The molecule has 0 unspecified atom stereocenters. The third-order valence-corrected chi connectivity index (χ3v) is 4.90. The molecule has 0 spiro atoms. The topological polar surface area (TPSA) is 91.4 Å². The molecule has 10 heteroatoms. The normalized spacial score (nSPS) is 15.0. The van der Waals surface area contributed by atoms with Crippen LogP contribution in [0.4, 0.5) is 0 Å². The minimum absolute atomic E-state index is 0.234. The quantitative estimate of drug-likeness (QED) is 0.352. The van der Waals surface area contributed by atoms with Gasteiger partial charge < -0.3 is 18.9 Å². The molecule has 8 nitrogen and oxygen atoms in total. The van der Waals surface area contributed by atoms with E-state index in [2.05, 4.69) is 4.74 Å². The van der Waals surface area contributed by atoms with Crippen molar-refractivity contribution >= 4 is 52.2 Å². The summed E-state index contributed by atoms with van der Waals surface area (Å²) in [4.78, 5) is 36.9. The van der Waals surface area contributed by atoms with Gasteiger partial charge in [-0.1, -0.05) is 30.0 Å². The molecule has 1 aliphatic rings. The summed E-state index contributed by atoms with van der Waals surface area (Å²) in [6.07, 6.45) is 1.63. The second-order valence-electron chi connectivity index (χ2n) is 5.35. The molecule has 0 bridgehead atoms. The van der Waals surface area contributed by atoms with Crippen LogP contribution in [0.25, 0.3) is 6.08 Å². The summed E-state index contributed by atoms with van der Waals surface area (Å²) in [7, 11) is 2.71. The lowest BCUT2D eigenvalue weighted by atomic mass is 10.2. The fourth-order valence-corrected chi connectivity index (χ4v) is 3.47. The van der Waals surface area contributed by atoms with Gasteiger partial charge in [0.1, 0.15) is 10.9 Å². The molecule has 0 radical (unpaired) electrons. The van der Waals surface area contributed by atoms with Gasteiger partial charge in [0, 0.05) is 0 Å². The number of methoxy groups -OCH3 is 2. The number of carbonyl (C=O) groups is 3. The minimum atomic E-state index is -0.553. The minimum Gasteiger partial charge on any atom is -0.493 e. The first-order chi connectivity index (χ1) is 13.4. The molecule has 1 heterocycles. The molecular weight excluding hydrogens is 406 g/mol. The number of carbonyl (C=O) groups excluding carboxylic acids is 3. The molecule has 0 N–H and O–H groups in total. The third-order valence-electron chi connectivity index (χ3n) is 3.52. The van der Waals surface area contributed by atoms with Gasteiger partial charge in [0.2, 0.25) is 0 Å². The Labute approximate surface area is 171 Å². The first-order valence-electron chi connectivity index (χ1n) is 8.18. The van der Waals surface area contributed by atoms with Crippen molar-refractivity contribution in [3.05, 3.63) is 28.7 Å². The van der Waals surface area contributed by atoms with E-state index in [4.69, 9.17) is 26.4 Å². The largest absolute Gasteiger partial charge is 0.493 e. The molecule has 1 aromatic rings. The van der Waals surface area contributed by atoms with Crippen molar-refractivity contribution in [3.8, 4) is 11.5 Å². The lowest BCUT2D eigenvalue weighted by Crippen LogP contribution is -2.33. The molecule has 2 rings (SSSR count). The first kappa shape index (κ1) is 21.7. The number of thioether (sulfide) groups is 1. The van der Waals surface area contributed by atoms with Gasteiger partial charge in [0.05, 0.1) is 25.7 Å². The van der Waals surface area contributed by atoms with E-state index in [1.807, 2.05) is 0 Å². The van der Waals surface area contributed by atoms with Crippen LogP contribution < -0.4 is 9.47 Å². The molecule has 1 aromatic carbocycles. The van der Waals surface area contributed by atoms with Crippen LogP contribution in [0.2, 0.25) is 0 Å². The zero-order valence-electron chi connectivity index (χ0n) is 15.6. The third kappa shape index (κ3) is 5.46. The number of rotatable bonds is 8. The molecule has 28 heavy (non-hydrogen) atoms. The average Bonchev–Trinajstić information content (AvgIpc) is 2.94. The van der Waals surface area contributed by atoms with E-state index in [9.17, 15) is 14.4 Å². The average molecular weight is 425 g/mol. The number of amides is 1. The Bertz CT molecular complexity index is 822. The van der Waals surface area contributed by atoms with Crippen molar-refractivity contribution < 1.29 is 33.3 Å². The van der Waals surface area contributed by atoms with Crippen LogP contribution >= 0.6 is 24.0 Å². The predicted molar refractivity (Wildman–Crippen MR) is 107 cm³/mol. The smallest absolute Gasteiger partial charge is 0.344 e. The molecule has 1 fully saturated rings. The summed E-state index contributed by atoms with van der Waals surface area (Å²) in [6.45, 7) is 1.51. The lowest BCUT2D eigenvalue weighted by Gasteiger charge is -2.12. The number of esters is 2. The molecule has 0 saturated carbocycles. The van der Waals surface area contributed by atoms with Gasteiger partial charge in [0.25, 0.3) is 5.91 Å². The van der Waals surface area contributed by atoms with Crippen LogP contribution in [-0.4, -0.2) is 61.0 Å². The maximum Gasteiger partial charge on any atom is 0.344 e. The van der Waals surface area contributed by atoms with E-state index < -0.39 is 11.9 Å². The molecular formula is C18H19NO7S2. The number of hydrogen-bond acceptors (Lipinski definition) is 9. The summed E-state index contributed by atoms with van der Waals surface area (Å²) >= 11 is 6.25. The highest BCUT2D eigenvalue weighted by atomic mass is 32.2. The van der Waals surface area contributed by atoms with Crippen LogP contribution in [0.3, 0.4) is 0 Å². The zero-order valence-corrected chi connectivity index (χ0v) is 17.2. The summed E-state index contributed by atoms with van der Waals surface area (Å²) in [5, 5.41) is 0. The van der Waals surface area contributed by atoms with Crippen LogP contribution in [-0.2, 0) is 23.9 Å². The zero-order chi connectivity index (χ0) is 20.7. The maximum atomic E-state index is 12.5. The second-order valence-corrected chi connectivity index (χ2v) is 7.02. The molecule has 1 saturated heterocycles. The van der Waals surface area contributed by atoms with E-state index in [1.165, 1.54) is 19.1 Å². The molecule has 0 aliphatic carbocycles. The van der Waals surface area contributed by atoms with E-state index in [0.29, 0.717) is 22.0 Å². The summed E-state index contributed by atoms with van der Waals surface area (Å²) < 4.78 is 20.4. The van der Waals surface area contributed by atoms with Crippen LogP contribution in [0.1, 0.15) is 12.5 Å². The monoisotopic (exact) mass is 425 g/mol. The van der Waals surface area contributed by atoms with Gasteiger partial charge in [-0.25, -0.2) is 4.79 Å². The van der Waals surface area contributed by atoms with Crippen LogP contribution in [0, 0.1) is 0 Å². The molecule has 1 amide bonds. The van der Waals surface area contributed by atoms with Crippen molar-refractivity contribution in [2.75, 3.05) is 34.0 Å². The maximum absolute atomic E-state index is 12.5. The summed E-state index contributed by atoms with van der Waals surface area (Å²) in [5.74, 6) is -0.652. The highest BCUT2D eigenvalue weighted by Crippen LogP contribution is 2.34. The predicted octanol–water partition coefficient (Wildman–Crippen LogP) is 2.01. The lowest BCUT2D eigenvalue weighted by molar-refractivity contribution is -0.145. The van der Waals surface area contributed by atoms with E-state index in [-0.39, 0.29) is 30.0 Å². The Hall–Kier alpha value is -2.59. The Morgan fingerprint density at radius 1 is 1.21 bits per heavy atom. The Balaban J connectivity index is 2.15. The van der Waals surface area contributed by atoms with Gasteiger partial charge in [-0.05, 0) is 30.7 Å². The fourth-order valence-electron chi connectivity index (χ4n) is 2.21. The second kappa shape index (κ2) is 10.1. The molecule has 150 valence electrons. The van der Waals surface area contributed by atoms with E-state index in [1.54, 1.807) is 31.2 Å². The highest BCUT2D eigenvalue weighted by molar-refractivity contribution is 8.26. The van der Waals surface area contributed by atoms with Crippen LogP contribution in [0.5, 0.6) is 11.5 Å².